The van der Waals surface area contributed by atoms with E-state index < -0.39 is 6.04 Å². The van der Waals surface area contributed by atoms with Crippen molar-refractivity contribution in [2.45, 2.75) is 26.3 Å². The van der Waals surface area contributed by atoms with E-state index in [9.17, 15) is 9.59 Å². The molecular formula is C15H22N4O2. The Bertz CT molecular complexity index is 484. The number of anilines is 1. The van der Waals surface area contributed by atoms with Crippen LogP contribution in [0, 0.1) is 0 Å². The molecule has 0 aliphatic carbocycles. The van der Waals surface area contributed by atoms with E-state index in [1.807, 2.05) is 18.2 Å². The van der Waals surface area contributed by atoms with Crippen molar-refractivity contribution in [1.82, 2.24) is 15.2 Å². The minimum atomic E-state index is -0.459. The van der Waals surface area contributed by atoms with Gasteiger partial charge in [-0.25, -0.2) is 4.98 Å². The molecule has 6 heteroatoms. The lowest BCUT2D eigenvalue weighted by Crippen LogP contribution is -2.54. The van der Waals surface area contributed by atoms with Gasteiger partial charge < -0.3 is 15.1 Å². The molecule has 1 N–H and O–H groups in total. The Morgan fingerprint density at radius 1 is 1.29 bits per heavy atom. The molecule has 0 bridgehead atoms. The summed E-state index contributed by atoms with van der Waals surface area (Å²) in [6.07, 6.45) is 2.17. The first-order chi connectivity index (χ1) is 10.1. The van der Waals surface area contributed by atoms with Gasteiger partial charge in [-0.3, -0.25) is 9.59 Å². The summed E-state index contributed by atoms with van der Waals surface area (Å²) >= 11 is 0. The van der Waals surface area contributed by atoms with Gasteiger partial charge in [0.25, 0.3) is 0 Å². The Morgan fingerprint density at radius 2 is 2.00 bits per heavy atom. The molecule has 1 aromatic rings. The van der Waals surface area contributed by atoms with Crippen LogP contribution in [0.15, 0.2) is 24.4 Å². The molecule has 2 rings (SSSR count). The molecule has 0 aromatic carbocycles. The summed E-state index contributed by atoms with van der Waals surface area (Å²) in [7, 11) is 0. The highest BCUT2D eigenvalue weighted by atomic mass is 16.2. The van der Waals surface area contributed by atoms with Crippen LogP contribution >= 0.6 is 0 Å². The number of nitrogens with zero attached hydrogens (tertiary/aromatic N) is 3. The van der Waals surface area contributed by atoms with E-state index in [0.29, 0.717) is 19.5 Å². The lowest BCUT2D eigenvalue weighted by atomic mass is 10.2. The zero-order chi connectivity index (χ0) is 15.2. The Balaban J connectivity index is 1.86. The molecular weight excluding hydrogens is 268 g/mol. The third-order valence-corrected chi connectivity index (χ3v) is 3.63. The zero-order valence-corrected chi connectivity index (χ0v) is 12.6. The molecule has 0 radical (unpaired) electrons. The average Bonchev–Trinajstić information content (AvgIpc) is 2.55. The summed E-state index contributed by atoms with van der Waals surface area (Å²) in [4.78, 5) is 31.9. The predicted molar refractivity (Wildman–Crippen MR) is 80.9 cm³/mol. The van der Waals surface area contributed by atoms with Crippen LogP contribution in [0.3, 0.4) is 0 Å². The third kappa shape index (κ3) is 3.93. The summed E-state index contributed by atoms with van der Waals surface area (Å²) in [5, 5.41) is 2.71. The largest absolute Gasteiger partial charge is 0.353 e. The standard InChI is InChI=1S/C15H22N4O2/c1-3-14(20)17-12(2)15(21)19-10-8-18(9-11-19)13-6-4-5-7-16-13/h4-7,12H,3,8-11H2,1-2H3,(H,17,20)/t12-/m1/s1. The van der Waals surface area contributed by atoms with Gasteiger partial charge in [0.2, 0.25) is 11.8 Å². The van der Waals surface area contributed by atoms with Crippen molar-refractivity contribution >= 4 is 17.6 Å². The number of carbonyl (C=O) groups excluding carboxylic acids is 2. The van der Waals surface area contributed by atoms with Crippen LogP contribution in [-0.4, -0.2) is 53.9 Å². The second kappa shape index (κ2) is 7.06. The van der Waals surface area contributed by atoms with Gasteiger partial charge >= 0.3 is 0 Å². The summed E-state index contributed by atoms with van der Waals surface area (Å²) in [5.41, 5.74) is 0. The fourth-order valence-corrected chi connectivity index (χ4v) is 2.38. The van der Waals surface area contributed by atoms with E-state index >= 15 is 0 Å². The first-order valence-electron chi connectivity index (χ1n) is 7.36. The van der Waals surface area contributed by atoms with Gasteiger partial charge in [0, 0.05) is 38.8 Å². The number of hydrogen-bond acceptors (Lipinski definition) is 4. The zero-order valence-electron chi connectivity index (χ0n) is 12.6. The van der Waals surface area contributed by atoms with Gasteiger partial charge in [0.1, 0.15) is 11.9 Å². The highest BCUT2D eigenvalue weighted by Gasteiger charge is 2.25. The van der Waals surface area contributed by atoms with Crippen LogP contribution < -0.4 is 10.2 Å². The van der Waals surface area contributed by atoms with E-state index in [2.05, 4.69) is 15.2 Å². The molecule has 114 valence electrons. The molecule has 0 spiro atoms. The summed E-state index contributed by atoms with van der Waals surface area (Å²) < 4.78 is 0. The molecule has 1 aliphatic heterocycles. The number of hydrogen-bond donors (Lipinski definition) is 1. The average molecular weight is 290 g/mol. The number of pyridine rings is 1. The van der Waals surface area contributed by atoms with Gasteiger partial charge in [-0.1, -0.05) is 13.0 Å². The molecule has 0 unspecified atom stereocenters. The van der Waals surface area contributed by atoms with Crippen molar-refractivity contribution in [2.24, 2.45) is 0 Å². The number of piperazine rings is 1. The fraction of sp³-hybridized carbons (Fsp3) is 0.533. The van der Waals surface area contributed by atoms with Crippen LogP contribution in [-0.2, 0) is 9.59 Å². The van der Waals surface area contributed by atoms with Crippen molar-refractivity contribution in [3.05, 3.63) is 24.4 Å². The van der Waals surface area contributed by atoms with Crippen LogP contribution in [0.4, 0.5) is 5.82 Å². The number of aromatic nitrogens is 1. The van der Waals surface area contributed by atoms with Crippen molar-refractivity contribution in [3.8, 4) is 0 Å². The van der Waals surface area contributed by atoms with E-state index in [4.69, 9.17) is 0 Å². The van der Waals surface area contributed by atoms with Crippen LogP contribution in [0.25, 0.3) is 0 Å². The van der Waals surface area contributed by atoms with Gasteiger partial charge in [-0.2, -0.15) is 0 Å². The van der Waals surface area contributed by atoms with E-state index in [-0.39, 0.29) is 11.8 Å². The molecule has 6 nitrogen and oxygen atoms in total. The van der Waals surface area contributed by atoms with E-state index in [1.54, 1.807) is 24.9 Å². The summed E-state index contributed by atoms with van der Waals surface area (Å²) in [6.45, 7) is 6.34. The number of rotatable bonds is 4. The van der Waals surface area contributed by atoms with Crippen LogP contribution in [0.2, 0.25) is 0 Å². The van der Waals surface area contributed by atoms with Crippen molar-refractivity contribution in [3.63, 3.8) is 0 Å². The smallest absolute Gasteiger partial charge is 0.244 e. The highest BCUT2D eigenvalue weighted by Crippen LogP contribution is 2.13. The SMILES string of the molecule is CCC(=O)N[C@H](C)C(=O)N1CCN(c2ccccn2)CC1. The van der Waals surface area contributed by atoms with Crippen LogP contribution in [0.5, 0.6) is 0 Å². The Morgan fingerprint density at radius 3 is 2.57 bits per heavy atom. The summed E-state index contributed by atoms with van der Waals surface area (Å²) in [6, 6.07) is 5.37. The van der Waals surface area contributed by atoms with Gasteiger partial charge in [0.05, 0.1) is 0 Å². The molecule has 2 heterocycles. The number of nitrogens with one attached hydrogen (secondary N) is 1. The van der Waals surface area contributed by atoms with Crippen molar-refractivity contribution in [1.29, 1.82) is 0 Å². The molecule has 1 aliphatic rings. The van der Waals surface area contributed by atoms with Crippen molar-refractivity contribution < 1.29 is 9.59 Å². The first-order valence-corrected chi connectivity index (χ1v) is 7.36. The fourth-order valence-electron chi connectivity index (χ4n) is 2.38. The number of carbonyl (C=O) groups is 2. The Labute approximate surface area is 125 Å². The molecule has 2 amide bonds. The molecule has 1 atom stereocenters. The quantitative estimate of drug-likeness (QED) is 0.884. The molecule has 1 fully saturated rings. The Kier molecular flexibility index (Phi) is 5.14. The minimum absolute atomic E-state index is 0.0162. The molecule has 1 saturated heterocycles. The van der Waals surface area contributed by atoms with E-state index in [0.717, 1.165) is 18.9 Å². The maximum absolute atomic E-state index is 12.3. The molecule has 1 aromatic heterocycles. The molecule has 0 saturated carbocycles. The second-order valence-electron chi connectivity index (χ2n) is 5.14. The number of amides is 2. The normalized spacial score (nSPS) is 16.5. The first kappa shape index (κ1) is 15.3. The summed E-state index contributed by atoms with van der Waals surface area (Å²) in [5.74, 6) is 0.831. The second-order valence-corrected chi connectivity index (χ2v) is 5.14. The monoisotopic (exact) mass is 290 g/mol. The Hall–Kier alpha value is -2.11. The topological polar surface area (TPSA) is 65.5 Å². The van der Waals surface area contributed by atoms with Gasteiger partial charge in [0.15, 0.2) is 0 Å². The van der Waals surface area contributed by atoms with E-state index in [1.165, 1.54) is 0 Å². The predicted octanol–water partition coefficient (Wildman–Crippen LogP) is 0.645. The highest BCUT2D eigenvalue weighted by molar-refractivity contribution is 5.87. The molecule has 21 heavy (non-hydrogen) atoms. The maximum atomic E-state index is 12.3. The lowest BCUT2D eigenvalue weighted by molar-refractivity contribution is -0.136. The maximum Gasteiger partial charge on any atom is 0.244 e. The van der Waals surface area contributed by atoms with Crippen LogP contribution in [0.1, 0.15) is 20.3 Å². The van der Waals surface area contributed by atoms with Gasteiger partial charge in [-0.15, -0.1) is 0 Å². The van der Waals surface area contributed by atoms with Crippen molar-refractivity contribution in [2.75, 3.05) is 31.1 Å². The van der Waals surface area contributed by atoms with Gasteiger partial charge in [-0.05, 0) is 19.1 Å². The third-order valence-electron chi connectivity index (χ3n) is 3.63. The lowest BCUT2D eigenvalue weighted by Gasteiger charge is -2.36. The minimum Gasteiger partial charge on any atom is -0.353 e.